The molecule has 1 saturated heterocycles. The smallest absolute Gasteiger partial charge is 0.137 e. The van der Waals surface area contributed by atoms with Crippen LogP contribution < -0.4 is 9.64 Å². The molecule has 1 aliphatic heterocycles. The number of hydrogen-bond acceptors (Lipinski definition) is 2. The van der Waals surface area contributed by atoms with Gasteiger partial charge in [-0.15, -0.1) is 0 Å². The molecule has 1 aliphatic rings. The van der Waals surface area contributed by atoms with Crippen LogP contribution in [0.15, 0.2) is 24.3 Å². The normalized spacial score (nSPS) is 18.6. The lowest BCUT2D eigenvalue weighted by molar-refractivity contribution is -0.908. The number of rotatable bonds is 5. The summed E-state index contributed by atoms with van der Waals surface area (Å²) in [4.78, 5) is 1.52. The van der Waals surface area contributed by atoms with Gasteiger partial charge in [-0.05, 0) is 43.9 Å². The fourth-order valence-corrected chi connectivity index (χ4v) is 2.55. The predicted octanol–water partition coefficient (Wildman–Crippen LogP) is 0.804. The Balaban J connectivity index is 1.72. The molecule has 0 radical (unpaired) electrons. The molecule has 0 saturated carbocycles. The predicted molar refractivity (Wildman–Crippen MR) is 72.1 cm³/mol. The van der Waals surface area contributed by atoms with Crippen molar-refractivity contribution in [3.63, 3.8) is 0 Å². The van der Waals surface area contributed by atoms with Crippen LogP contribution in [-0.4, -0.2) is 37.5 Å². The van der Waals surface area contributed by atoms with Gasteiger partial charge in [-0.3, -0.25) is 0 Å². The topological polar surface area (TPSA) is 33.9 Å². The molecule has 1 atom stereocenters. The third-order valence-corrected chi connectivity index (χ3v) is 3.52. The van der Waals surface area contributed by atoms with E-state index in [9.17, 15) is 5.11 Å². The molecule has 1 aromatic carbocycles. The number of aliphatic hydroxyl groups excluding tert-OH is 1. The molecule has 0 spiro atoms. The molecule has 1 heterocycles. The van der Waals surface area contributed by atoms with Gasteiger partial charge in [0, 0.05) is 0 Å². The zero-order valence-corrected chi connectivity index (χ0v) is 11.2. The van der Waals surface area contributed by atoms with Crippen LogP contribution in [0.5, 0.6) is 5.75 Å². The summed E-state index contributed by atoms with van der Waals surface area (Å²) in [6, 6.07) is 7.96. The molecule has 1 fully saturated rings. The molecule has 0 amide bonds. The van der Waals surface area contributed by atoms with E-state index in [-0.39, 0.29) is 6.10 Å². The maximum atomic E-state index is 9.99. The van der Waals surface area contributed by atoms with E-state index in [4.69, 9.17) is 4.74 Å². The number of likely N-dealkylation sites (tertiary alicyclic amines) is 1. The number of ether oxygens (including phenoxy) is 1. The van der Waals surface area contributed by atoms with E-state index in [0.717, 1.165) is 12.3 Å². The molecule has 0 aromatic heterocycles. The van der Waals surface area contributed by atoms with Gasteiger partial charge >= 0.3 is 0 Å². The number of aliphatic hydroxyl groups is 1. The summed E-state index contributed by atoms with van der Waals surface area (Å²) < 4.78 is 5.63. The number of quaternary nitrogens is 1. The van der Waals surface area contributed by atoms with Gasteiger partial charge in [0.25, 0.3) is 0 Å². The van der Waals surface area contributed by atoms with Crippen molar-refractivity contribution in [2.75, 3.05) is 26.2 Å². The zero-order valence-electron chi connectivity index (χ0n) is 11.2. The average Bonchev–Trinajstić information content (AvgIpc) is 2.38. The number of nitrogens with one attached hydrogen (secondary N) is 1. The second-order valence-electron chi connectivity index (χ2n) is 5.30. The van der Waals surface area contributed by atoms with Crippen molar-refractivity contribution in [1.29, 1.82) is 0 Å². The van der Waals surface area contributed by atoms with Gasteiger partial charge in [0.2, 0.25) is 0 Å². The minimum absolute atomic E-state index is 0.362. The SMILES string of the molecule is Cc1cccc(OC[C@H](O)C[NH+]2CCCCC2)c1. The van der Waals surface area contributed by atoms with Crippen molar-refractivity contribution in [3.8, 4) is 5.75 Å². The maximum Gasteiger partial charge on any atom is 0.137 e. The first-order valence-electron chi connectivity index (χ1n) is 6.95. The third kappa shape index (κ3) is 4.31. The van der Waals surface area contributed by atoms with E-state index in [1.165, 1.54) is 42.8 Å². The molecular formula is C15H24NO2+. The zero-order chi connectivity index (χ0) is 12.8. The Labute approximate surface area is 109 Å². The summed E-state index contributed by atoms with van der Waals surface area (Å²) in [5.74, 6) is 0.850. The van der Waals surface area contributed by atoms with E-state index in [1.807, 2.05) is 31.2 Å². The Morgan fingerprint density at radius 2 is 2.06 bits per heavy atom. The third-order valence-electron chi connectivity index (χ3n) is 3.52. The molecule has 100 valence electrons. The molecule has 0 aliphatic carbocycles. The molecule has 18 heavy (non-hydrogen) atoms. The molecule has 3 heteroatoms. The summed E-state index contributed by atoms with van der Waals surface area (Å²) in [6.45, 7) is 5.64. The minimum Gasteiger partial charge on any atom is -0.491 e. The fraction of sp³-hybridized carbons (Fsp3) is 0.600. The molecule has 2 rings (SSSR count). The molecule has 2 N–H and O–H groups in total. The minimum atomic E-state index is -0.362. The highest BCUT2D eigenvalue weighted by atomic mass is 16.5. The van der Waals surface area contributed by atoms with Crippen LogP contribution >= 0.6 is 0 Å². The van der Waals surface area contributed by atoms with Crippen LogP contribution in [0.1, 0.15) is 24.8 Å². The number of benzene rings is 1. The average molecular weight is 250 g/mol. The van der Waals surface area contributed by atoms with Gasteiger partial charge in [-0.25, -0.2) is 0 Å². The van der Waals surface area contributed by atoms with Gasteiger partial charge in [0.15, 0.2) is 0 Å². The fourth-order valence-electron chi connectivity index (χ4n) is 2.55. The Bertz CT molecular complexity index is 361. The monoisotopic (exact) mass is 250 g/mol. The standard InChI is InChI=1S/C15H23NO2/c1-13-6-5-7-15(10-13)18-12-14(17)11-16-8-3-2-4-9-16/h5-7,10,14,17H,2-4,8-9,11-12H2,1H3/p+1/t14-/m1/s1. The van der Waals surface area contributed by atoms with Crippen LogP contribution in [0.3, 0.4) is 0 Å². The van der Waals surface area contributed by atoms with Crippen molar-refractivity contribution in [2.24, 2.45) is 0 Å². The van der Waals surface area contributed by atoms with Crippen molar-refractivity contribution >= 4 is 0 Å². The highest BCUT2D eigenvalue weighted by molar-refractivity contribution is 5.27. The first kappa shape index (κ1) is 13.4. The number of aryl methyl sites for hydroxylation is 1. The summed E-state index contributed by atoms with van der Waals surface area (Å²) >= 11 is 0. The number of hydrogen-bond donors (Lipinski definition) is 2. The van der Waals surface area contributed by atoms with Crippen molar-refractivity contribution in [1.82, 2.24) is 0 Å². The molecule has 0 bridgehead atoms. The van der Waals surface area contributed by atoms with Crippen molar-refractivity contribution in [3.05, 3.63) is 29.8 Å². The Kier molecular flexibility index (Phi) is 5.02. The molecular weight excluding hydrogens is 226 g/mol. The first-order chi connectivity index (χ1) is 8.74. The van der Waals surface area contributed by atoms with Crippen molar-refractivity contribution in [2.45, 2.75) is 32.3 Å². The van der Waals surface area contributed by atoms with Crippen LogP contribution in [0.2, 0.25) is 0 Å². The summed E-state index contributed by atoms with van der Waals surface area (Å²) in [5, 5.41) is 9.99. The van der Waals surface area contributed by atoms with Crippen LogP contribution in [0, 0.1) is 6.92 Å². The molecule has 3 nitrogen and oxygen atoms in total. The van der Waals surface area contributed by atoms with Gasteiger partial charge < -0.3 is 14.7 Å². The van der Waals surface area contributed by atoms with E-state index in [1.54, 1.807) is 0 Å². The number of piperidine rings is 1. The van der Waals surface area contributed by atoms with E-state index in [0.29, 0.717) is 6.61 Å². The van der Waals surface area contributed by atoms with Crippen LogP contribution in [-0.2, 0) is 0 Å². The Morgan fingerprint density at radius 1 is 1.28 bits per heavy atom. The van der Waals surface area contributed by atoms with E-state index < -0.39 is 0 Å². The largest absolute Gasteiger partial charge is 0.491 e. The second-order valence-corrected chi connectivity index (χ2v) is 5.30. The quantitative estimate of drug-likeness (QED) is 0.810. The van der Waals surface area contributed by atoms with Gasteiger partial charge in [-0.2, -0.15) is 0 Å². The van der Waals surface area contributed by atoms with Crippen LogP contribution in [0.4, 0.5) is 0 Å². The summed E-state index contributed by atoms with van der Waals surface area (Å²) in [7, 11) is 0. The van der Waals surface area contributed by atoms with Gasteiger partial charge in [0.1, 0.15) is 25.0 Å². The van der Waals surface area contributed by atoms with E-state index in [2.05, 4.69) is 0 Å². The van der Waals surface area contributed by atoms with Gasteiger partial charge in [-0.1, -0.05) is 12.1 Å². The second kappa shape index (κ2) is 6.76. The Hall–Kier alpha value is -1.06. The van der Waals surface area contributed by atoms with Gasteiger partial charge in [0.05, 0.1) is 13.1 Å². The lowest BCUT2D eigenvalue weighted by atomic mass is 10.1. The summed E-state index contributed by atoms with van der Waals surface area (Å²) in [5.41, 5.74) is 1.18. The first-order valence-corrected chi connectivity index (χ1v) is 6.95. The summed E-state index contributed by atoms with van der Waals surface area (Å²) in [6.07, 6.45) is 3.57. The van der Waals surface area contributed by atoms with Crippen molar-refractivity contribution < 1.29 is 14.7 Å². The van der Waals surface area contributed by atoms with Crippen LogP contribution in [0.25, 0.3) is 0 Å². The lowest BCUT2D eigenvalue weighted by Gasteiger charge is -2.25. The Morgan fingerprint density at radius 3 is 2.78 bits per heavy atom. The lowest BCUT2D eigenvalue weighted by Crippen LogP contribution is -3.14. The highest BCUT2D eigenvalue weighted by Crippen LogP contribution is 2.12. The van der Waals surface area contributed by atoms with E-state index >= 15 is 0 Å². The molecule has 0 unspecified atom stereocenters. The highest BCUT2D eigenvalue weighted by Gasteiger charge is 2.18. The molecule has 1 aromatic rings. The maximum absolute atomic E-state index is 9.99.